The number of aromatic hydroxyl groups is 1. The fraction of sp³-hybridized carbons (Fsp3) is 0.128. The molecule has 1 N–H and O–H groups in total. The Morgan fingerprint density at radius 1 is 0.588 bits per heavy atom. The van der Waals surface area contributed by atoms with Crippen LogP contribution >= 0.6 is 23.2 Å². The first kappa shape index (κ1) is 36.9. The Labute approximate surface area is 300 Å². The third-order valence-corrected chi connectivity index (χ3v) is 8.76. The second-order valence-corrected chi connectivity index (χ2v) is 11.9. The number of rotatable bonds is 7. The molecule has 12 heteroatoms. The molecule has 0 unspecified atom stereocenters. The predicted molar refractivity (Wildman–Crippen MR) is 193 cm³/mol. The fourth-order valence-electron chi connectivity index (χ4n) is 5.77. The van der Waals surface area contributed by atoms with Gasteiger partial charge in [0.1, 0.15) is 34.8 Å². The molecule has 0 bridgehead atoms. The number of phenols is 1. The van der Waals surface area contributed by atoms with Gasteiger partial charge in [0.15, 0.2) is 0 Å². The first-order valence-electron chi connectivity index (χ1n) is 15.6. The van der Waals surface area contributed by atoms with Crippen LogP contribution < -0.4 is 15.9 Å². The highest BCUT2D eigenvalue weighted by molar-refractivity contribution is 6.34. The van der Waals surface area contributed by atoms with Gasteiger partial charge < -0.3 is 19.0 Å². The third-order valence-electron chi connectivity index (χ3n) is 8.10. The highest BCUT2D eigenvalue weighted by Crippen LogP contribution is 2.40. The van der Waals surface area contributed by atoms with Gasteiger partial charge in [0.05, 0.1) is 29.6 Å². The number of phenolic OH excluding ortho intramolecular Hbond substituents is 1. The van der Waals surface area contributed by atoms with Crippen molar-refractivity contribution in [2.24, 2.45) is 0 Å². The van der Waals surface area contributed by atoms with Gasteiger partial charge in [-0.25, -0.2) is 17.6 Å². The summed E-state index contributed by atoms with van der Waals surface area (Å²) >= 11 is 12.6. The van der Waals surface area contributed by atoms with Crippen LogP contribution in [0.1, 0.15) is 13.8 Å². The molecule has 0 saturated carbocycles. The monoisotopic (exact) mass is 736 g/mol. The molecule has 0 fully saturated rings. The van der Waals surface area contributed by atoms with Crippen LogP contribution in [-0.2, 0) is 13.1 Å². The van der Waals surface area contributed by atoms with Crippen molar-refractivity contribution in [1.82, 2.24) is 9.13 Å². The topological polar surface area (TPSA) is 73.5 Å². The largest absolute Gasteiger partial charge is 0.508 e. The highest BCUT2D eigenvalue weighted by atomic mass is 35.5. The summed E-state index contributed by atoms with van der Waals surface area (Å²) in [6.45, 7) is 3.90. The van der Waals surface area contributed by atoms with Crippen LogP contribution in [-0.4, -0.2) is 21.4 Å². The van der Waals surface area contributed by atoms with E-state index >= 15 is 0 Å². The summed E-state index contributed by atoms with van der Waals surface area (Å²) in [6.07, 6.45) is 0. The van der Waals surface area contributed by atoms with Crippen LogP contribution in [0.4, 0.5) is 17.6 Å². The lowest BCUT2D eigenvalue weighted by atomic mass is 9.97. The zero-order valence-corrected chi connectivity index (χ0v) is 29.0. The number of ether oxygens (including phenoxy) is 1. The number of aromatic nitrogens is 2. The predicted octanol–water partition coefficient (Wildman–Crippen LogP) is 9.98. The Morgan fingerprint density at radius 2 is 1.00 bits per heavy atom. The van der Waals surface area contributed by atoms with Crippen molar-refractivity contribution in [3.05, 3.63) is 151 Å². The third kappa shape index (κ3) is 7.43. The Balaban J connectivity index is 0.000000198. The molecule has 0 radical (unpaired) electrons. The van der Waals surface area contributed by atoms with Crippen LogP contribution in [0.5, 0.6) is 11.5 Å². The molecular formula is C39H30Cl2F4N2O4. The average Bonchev–Trinajstić information content (AvgIpc) is 3.10. The van der Waals surface area contributed by atoms with E-state index in [9.17, 15) is 32.3 Å². The van der Waals surface area contributed by atoms with E-state index in [0.717, 1.165) is 24.3 Å². The van der Waals surface area contributed by atoms with E-state index in [0.29, 0.717) is 33.0 Å². The van der Waals surface area contributed by atoms with Crippen LogP contribution in [0.3, 0.4) is 0 Å². The van der Waals surface area contributed by atoms with E-state index in [2.05, 4.69) is 0 Å². The van der Waals surface area contributed by atoms with Gasteiger partial charge in [0.25, 0.3) is 11.1 Å². The van der Waals surface area contributed by atoms with E-state index < -0.39 is 23.3 Å². The quantitative estimate of drug-likeness (QED) is 0.166. The van der Waals surface area contributed by atoms with Gasteiger partial charge in [-0.05, 0) is 86.6 Å². The molecule has 0 atom stereocenters. The summed E-state index contributed by atoms with van der Waals surface area (Å²) in [5.74, 6) is -2.58. The maximum Gasteiger partial charge on any atom is 0.251 e. The molecule has 0 aliphatic carbocycles. The minimum atomic E-state index is -0.787. The Kier molecular flexibility index (Phi) is 11.4. The maximum absolute atomic E-state index is 14.5. The summed E-state index contributed by atoms with van der Waals surface area (Å²) in [4.78, 5) is 24.6. The molecule has 0 aliphatic rings. The summed E-state index contributed by atoms with van der Waals surface area (Å²) in [7, 11) is 1.51. The zero-order chi connectivity index (χ0) is 37.0. The summed E-state index contributed by atoms with van der Waals surface area (Å²) in [5.41, 5.74) is 0.604. The first-order valence-corrected chi connectivity index (χ1v) is 16.4. The van der Waals surface area contributed by atoms with Gasteiger partial charge in [-0.1, -0.05) is 35.3 Å². The van der Waals surface area contributed by atoms with Gasteiger partial charge in [-0.2, -0.15) is 0 Å². The number of pyridine rings is 2. The van der Waals surface area contributed by atoms with Crippen molar-refractivity contribution in [3.63, 3.8) is 0 Å². The van der Waals surface area contributed by atoms with E-state index in [4.69, 9.17) is 27.9 Å². The lowest BCUT2D eigenvalue weighted by Crippen LogP contribution is -2.21. The van der Waals surface area contributed by atoms with Crippen LogP contribution in [0.15, 0.2) is 107 Å². The highest BCUT2D eigenvalue weighted by Gasteiger charge is 2.23. The minimum Gasteiger partial charge on any atom is -0.508 e. The molecule has 6 nitrogen and oxygen atoms in total. The molecule has 0 amide bonds. The van der Waals surface area contributed by atoms with E-state index in [-0.39, 0.29) is 57.5 Å². The van der Waals surface area contributed by atoms with Crippen molar-refractivity contribution in [2.45, 2.75) is 26.9 Å². The number of methoxy groups -OCH3 is 1. The summed E-state index contributed by atoms with van der Waals surface area (Å²) in [6, 6.07) is 22.0. The standard InChI is InChI=1S/C20H16ClF2NO2.C19H14ClF2NO2/c1-3-24-18(25)10-8-13(14-11-12(26-2)7-9-15(14)21)20(24)19-16(22)5-4-6-17(19)23;1-2-23-17(25)9-7-12(13-10-11(24)6-8-14(13)20)19(23)18-15(21)4-3-5-16(18)22/h4-11H,3H2,1-2H3;3-10,24H,2H2,1H3. The number of halogens is 6. The number of hydrogen-bond acceptors (Lipinski definition) is 4. The van der Waals surface area contributed by atoms with Gasteiger partial charge >= 0.3 is 0 Å². The van der Waals surface area contributed by atoms with E-state index in [1.165, 1.54) is 70.8 Å². The molecule has 6 rings (SSSR count). The Hall–Kier alpha value is -5.32. The van der Waals surface area contributed by atoms with Crippen LogP contribution in [0, 0.1) is 23.3 Å². The van der Waals surface area contributed by atoms with Crippen molar-refractivity contribution >= 4 is 23.2 Å². The van der Waals surface area contributed by atoms with Gasteiger partial charge in [0.2, 0.25) is 0 Å². The van der Waals surface area contributed by atoms with Crippen molar-refractivity contribution in [3.8, 4) is 56.3 Å². The summed E-state index contributed by atoms with van der Waals surface area (Å²) < 4.78 is 65.7. The van der Waals surface area contributed by atoms with Crippen LogP contribution in [0.25, 0.3) is 44.8 Å². The SMILES string of the molecule is CCn1c(-c2c(F)cccc2F)c(-c2cc(O)ccc2Cl)ccc1=O.CCn1c(-c2c(F)cccc2F)c(-c2cc(OC)ccc2Cl)ccc1=O. The number of hydrogen-bond donors (Lipinski definition) is 1. The van der Waals surface area contributed by atoms with Gasteiger partial charge in [-0.3, -0.25) is 9.59 Å². The van der Waals surface area contributed by atoms with Crippen molar-refractivity contribution in [2.75, 3.05) is 7.11 Å². The molecule has 2 aromatic heterocycles. The number of benzene rings is 4. The Bertz CT molecular complexity index is 2340. The van der Waals surface area contributed by atoms with Crippen LogP contribution in [0.2, 0.25) is 10.0 Å². The molecule has 0 saturated heterocycles. The number of nitrogens with zero attached hydrogens (tertiary/aromatic N) is 2. The smallest absolute Gasteiger partial charge is 0.251 e. The van der Waals surface area contributed by atoms with E-state index in [1.54, 1.807) is 32.0 Å². The molecule has 6 aromatic rings. The lowest BCUT2D eigenvalue weighted by Gasteiger charge is -2.18. The molecule has 2 heterocycles. The zero-order valence-electron chi connectivity index (χ0n) is 27.5. The fourth-order valence-corrected chi connectivity index (χ4v) is 6.20. The van der Waals surface area contributed by atoms with Crippen molar-refractivity contribution < 1.29 is 27.4 Å². The lowest BCUT2D eigenvalue weighted by molar-refractivity contribution is 0.415. The van der Waals surface area contributed by atoms with Gasteiger partial charge in [0, 0.05) is 57.5 Å². The minimum absolute atomic E-state index is 0.0476. The maximum atomic E-state index is 14.5. The molecule has 4 aromatic carbocycles. The average molecular weight is 738 g/mol. The Morgan fingerprint density at radius 3 is 1.41 bits per heavy atom. The first-order chi connectivity index (χ1) is 24.4. The second kappa shape index (κ2) is 15.7. The normalized spacial score (nSPS) is 10.8. The molecule has 262 valence electrons. The second-order valence-electron chi connectivity index (χ2n) is 11.1. The molecule has 0 spiro atoms. The molecule has 0 aliphatic heterocycles. The van der Waals surface area contributed by atoms with E-state index in [1.807, 2.05) is 0 Å². The molecular weight excluding hydrogens is 707 g/mol. The van der Waals surface area contributed by atoms with Gasteiger partial charge in [-0.15, -0.1) is 0 Å². The molecule has 51 heavy (non-hydrogen) atoms. The summed E-state index contributed by atoms with van der Waals surface area (Å²) in [5, 5.41) is 10.4. The van der Waals surface area contributed by atoms with Crippen molar-refractivity contribution in [1.29, 1.82) is 0 Å².